The van der Waals surface area contributed by atoms with E-state index in [1.54, 1.807) is 0 Å². The van der Waals surface area contributed by atoms with E-state index in [2.05, 4.69) is 0 Å². The molecule has 6 heteroatoms. The number of hydrogen-bond acceptors (Lipinski definition) is 2. The average Bonchev–Trinajstić information content (AvgIpc) is 1.83. The minimum Gasteiger partial charge on any atom is -0.399 e. The number of halogens is 1. The molecule has 0 fully saturated rings. The Balaban J connectivity index is 3.28. The van der Waals surface area contributed by atoms with Crippen molar-refractivity contribution < 1.29 is 14.4 Å². The summed E-state index contributed by atoms with van der Waals surface area (Å²) in [5.74, 6) is 0. The Hall–Kier alpha value is -0.540. The molecule has 0 atom stereocenters. The molecule has 4 N–H and O–H groups in total. The van der Waals surface area contributed by atoms with Gasteiger partial charge in [0.15, 0.2) is 0 Å². The summed E-state index contributed by atoms with van der Waals surface area (Å²) in [6.07, 6.45) is 0. The fourth-order valence-electron chi connectivity index (χ4n) is 0.759. The van der Waals surface area contributed by atoms with Gasteiger partial charge in [-0.1, -0.05) is 11.6 Å². The highest BCUT2D eigenvalue weighted by Crippen LogP contribution is 2.36. The van der Waals surface area contributed by atoms with E-state index in [4.69, 9.17) is 27.1 Å². The summed E-state index contributed by atoms with van der Waals surface area (Å²) < 4.78 is 10.7. The van der Waals surface area contributed by atoms with Gasteiger partial charge in [0.05, 0.1) is 10.3 Å². The van der Waals surface area contributed by atoms with Gasteiger partial charge in [-0.15, -0.1) is 0 Å². The number of nitrogens with two attached hydrogens (primary N) is 1. The van der Waals surface area contributed by atoms with E-state index >= 15 is 0 Å². The van der Waals surface area contributed by atoms with Crippen LogP contribution in [0.25, 0.3) is 0 Å². The van der Waals surface area contributed by atoms with Gasteiger partial charge in [-0.25, -0.2) is 0 Å². The number of rotatable bonds is 1. The number of benzene rings is 1. The van der Waals surface area contributed by atoms with Crippen molar-refractivity contribution in [2.24, 2.45) is 0 Å². The predicted molar refractivity (Wildman–Crippen MR) is 47.5 cm³/mol. The Morgan fingerprint density at radius 2 is 2.00 bits per heavy atom. The average molecular weight is 208 g/mol. The van der Waals surface area contributed by atoms with Gasteiger partial charge in [0.1, 0.15) is 0 Å². The van der Waals surface area contributed by atoms with Gasteiger partial charge in [-0.05, 0) is 18.2 Å². The fourth-order valence-corrected chi connectivity index (χ4v) is 1.89. The van der Waals surface area contributed by atoms with Crippen LogP contribution < -0.4 is 11.0 Å². The third-order valence-electron chi connectivity index (χ3n) is 1.29. The molecule has 12 heavy (non-hydrogen) atoms. The minimum atomic E-state index is -4.26. The summed E-state index contributed by atoms with van der Waals surface area (Å²) >= 11 is 5.54. The lowest BCUT2D eigenvalue weighted by molar-refractivity contribution is 0.387. The maximum atomic E-state index is 10.7. The summed E-state index contributed by atoms with van der Waals surface area (Å²) in [6.45, 7) is 0. The quantitative estimate of drug-likeness (QED) is 0.468. The van der Waals surface area contributed by atoms with Crippen LogP contribution in [0, 0.1) is 0 Å². The number of hydrogen-bond donors (Lipinski definition) is 3. The monoisotopic (exact) mass is 207 g/mol. The van der Waals surface area contributed by atoms with Crippen molar-refractivity contribution >= 4 is 30.2 Å². The van der Waals surface area contributed by atoms with Gasteiger partial charge >= 0.3 is 7.60 Å². The van der Waals surface area contributed by atoms with Crippen LogP contribution in [-0.4, -0.2) is 9.79 Å². The maximum absolute atomic E-state index is 10.7. The fraction of sp³-hybridized carbons (Fsp3) is 0. The molecule has 0 amide bonds. The first-order valence-electron chi connectivity index (χ1n) is 3.02. The Labute approximate surface area is 74.1 Å². The minimum absolute atomic E-state index is 0.0108. The van der Waals surface area contributed by atoms with Gasteiger partial charge in [-0.3, -0.25) is 4.57 Å². The SMILES string of the molecule is Nc1ccc(P(=O)(O)O)c(Cl)c1. The van der Waals surface area contributed by atoms with Gasteiger partial charge < -0.3 is 15.5 Å². The summed E-state index contributed by atoms with van der Waals surface area (Å²) in [4.78, 5) is 17.5. The van der Waals surface area contributed by atoms with E-state index in [9.17, 15) is 4.57 Å². The highest BCUT2D eigenvalue weighted by atomic mass is 35.5. The van der Waals surface area contributed by atoms with E-state index in [1.165, 1.54) is 18.2 Å². The van der Waals surface area contributed by atoms with E-state index < -0.39 is 7.60 Å². The van der Waals surface area contributed by atoms with Crippen molar-refractivity contribution in [1.29, 1.82) is 0 Å². The van der Waals surface area contributed by atoms with Gasteiger partial charge in [0.25, 0.3) is 0 Å². The first-order chi connectivity index (χ1) is 5.41. The van der Waals surface area contributed by atoms with Gasteiger partial charge in [0, 0.05) is 5.69 Å². The molecule has 0 radical (unpaired) electrons. The zero-order chi connectivity index (χ0) is 9.35. The summed E-state index contributed by atoms with van der Waals surface area (Å²) in [7, 11) is -4.26. The van der Waals surface area contributed by atoms with Crippen molar-refractivity contribution in [3.8, 4) is 0 Å². The molecule has 4 nitrogen and oxygen atoms in total. The molecule has 66 valence electrons. The standard InChI is InChI=1S/C6H7ClNO3P/c7-5-3-4(8)1-2-6(5)12(9,10)11/h1-3H,8H2,(H2,9,10,11). The van der Waals surface area contributed by atoms with Crippen LogP contribution in [0.15, 0.2) is 18.2 Å². The Bertz CT molecular complexity index is 349. The zero-order valence-corrected chi connectivity index (χ0v) is 7.59. The van der Waals surface area contributed by atoms with Crippen molar-refractivity contribution in [2.75, 3.05) is 5.73 Å². The second-order valence-electron chi connectivity index (χ2n) is 2.25. The summed E-state index contributed by atoms with van der Waals surface area (Å²) in [5, 5.41) is -0.207. The molecular formula is C6H7ClNO3P. The first-order valence-corrected chi connectivity index (χ1v) is 5.01. The van der Waals surface area contributed by atoms with E-state index in [1.807, 2.05) is 0 Å². The third kappa shape index (κ3) is 1.99. The van der Waals surface area contributed by atoms with E-state index in [-0.39, 0.29) is 10.3 Å². The molecule has 0 saturated heterocycles. The van der Waals surface area contributed by atoms with Gasteiger partial charge in [-0.2, -0.15) is 0 Å². The predicted octanol–water partition coefficient (Wildman–Crippen LogP) is 0.725. The third-order valence-corrected chi connectivity index (χ3v) is 2.75. The molecule has 0 spiro atoms. The van der Waals surface area contributed by atoms with Crippen LogP contribution in [0.4, 0.5) is 5.69 Å². The molecule has 0 bridgehead atoms. The second kappa shape index (κ2) is 3.07. The lowest BCUT2D eigenvalue weighted by Gasteiger charge is -2.05. The molecular weight excluding hydrogens is 200 g/mol. The van der Waals surface area contributed by atoms with Crippen molar-refractivity contribution in [3.05, 3.63) is 23.2 Å². The number of nitrogen functional groups attached to an aromatic ring is 1. The summed E-state index contributed by atoms with van der Waals surface area (Å²) in [6, 6.07) is 3.91. The van der Waals surface area contributed by atoms with E-state index in [0.717, 1.165) is 0 Å². The largest absolute Gasteiger partial charge is 0.399 e. The van der Waals surface area contributed by atoms with Crippen LogP contribution in [0.5, 0.6) is 0 Å². The molecule has 0 heterocycles. The molecule has 1 rings (SSSR count). The molecule has 0 aliphatic rings. The Morgan fingerprint density at radius 1 is 1.42 bits per heavy atom. The molecule has 0 saturated carbocycles. The van der Waals surface area contributed by atoms with E-state index in [0.29, 0.717) is 5.69 Å². The van der Waals surface area contributed by atoms with Crippen molar-refractivity contribution in [3.63, 3.8) is 0 Å². The molecule has 0 unspecified atom stereocenters. The Kier molecular flexibility index (Phi) is 2.44. The lowest BCUT2D eigenvalue weighted by Crippen LogP contribution is -2.05. The van der Waals surface area contributed by atoms with Crippen molar-refractivity contribution in [1.82, 2.24) is 0 Å². The maximum Gasteiger partial charge on any atom is 0.357 e. The number of anilines is 1. The first kappa shape index (κ1) is 9.55. The molecule has 0 aromatic heterocycles. The lowest BCUT2D eigenvalue weighted by atomic mass is 10.3. The smallest absolute Gasteiger partial charge is 0.357 e. The van der Waals surface area contributed by atoms with Crippen LogP contribution in [0.2, 0.25) is 5.02 Å². The van der Waals surface area contributed by atoms with Crippen molar-refractivity contribution in [2.45, 2.75) is 0 Å². The second-order valence-corrected chi connectivity index (χ2v) is 4.23. The molecule has 1 aromatic carbocycles. The zero-order valence-electron chi connectivity index (χ0n) is 5.94. The van der Waals surface area contributed by atoms with Crippen LogP contribution in [-0.2, 0) is 4.57 Å². The molecule has 0 aliphatic heterocycles. The highest BCUT2D eigenvalue weighted by Gasteiger charge is 2.20. The van der Waals surface area contributed by atoms with Crippen LogP contribution in [0.1, 0.15) is 0 Å². The summed E-state index contributed by atoms with van der Waals surface area (Å²) in [5.41, 5.74) is 5.71. The molecule has 0 aliphatic carbocycles. The van der Waals surface area contributed by atoms with Crippen LogP contribution >= 0.6 is 19.2 Å². The normalized spacial score (nSPS) is 11.6. The molecule has 1 aromatic rings. The Morgan fingerprint density at radius 3 is 2.42 bits per heavy atom. The van der Waals surface area contributed by atoms with Gasteiger partial charge in [0.2, 0.25) is 0 Å². The van der Waals surface area contributed by atoms with Crippen LogP contribution in [0.3, 0.4) is 0 Å². The topological polar surface area (TPSA) is 83.6 Å². The highest BCUT2D eigenvalue weighted by molar-refractivity contribution is 7.60.